The largest absolute Gasteiger partial charge is 0.444 e. The zero-order chi connectivity index (χ0) is 28.7. The van der Waals surface area contributed by atoms with Gasteiger partial charge in [-0.15, -0.1) is 0 Å². The molecule has 0 aliphatic carbocycles. The lowest BCUT2D eigenvalue weighted by atomic mass is 9.90. The second-order valence-corrected chi connectivity index (χ2v) is 11.1. The van der Waals surface area contributed by atoms with E-state index in [0.717, 1.165) is 33.4 Å². The normalized spacial score (nSPS) is 13.8. The van der Waals surface area contributed by atoms with E-state index in [4.69, 9.17) is 9.47 Å². The topological polar surface area (TPSA) is 59.1 Å². The van der Waals surface area contributed by atoms with Crippen molar-refractivity contribution in [2.24, 2.45) is 0 Å². The SMILES string of the molecule is CCN(Cc1ccccc1COC)C(=O)C1=C(c2cccc(-c3ccccc3)c2)CCN(C(=O)OC(C)(C)C)C1. The molecular weight excluding hydrogens is 500 g/mol. The molecule has 0 saturated carbocycles. The summed E-state index contributed by atoms with van der Waals surface area (Å²) in [6.07, 6.45) is 0.166. The van der Waals surface area contributed by atoms with Gasteiger partial charge in [-0.3, -0.25) is 4.79 Å². The van der Waals surface area contributed by atoms with Crippen LogP contribution in [0, 0.1) is 0 Å². The Balaban J connectivity index is 1.72. The minimum absolute atomic E-state index is 0.0666. The van der Waals surface area contributed by atoms with Crippen molar-refractivity contribution in [1.82, 2.24) is 9.80 Å². The third-order valence-corrected chi connectivity index (χ3v) is 7.02. The zero-order valence-electron chi connectivity index (χ0n) is 24.3. The van der Waals surface area contributed by atoms with Crippen LogP contribution in [-0.2, 0) is 27.4 Å². The molecule has 0 atom stereocenters. The van der Waals surface area contributed by atoms with Crippen LogP contribution >= 0.6 is 0 Å². The molecule has 210 valence electrons. The quantitative estimate of drug-likeness (QED) is 0.310. The van der Waals surface area contributed by atoms with Crippen LogP contribution in [0.15, 0.2) is 84.4 Å². The van der Waals surface area contributed by atoms with Gasteiger partial charge in [-0.2, -0.15) is 0 Å². The van der Waals surface area contributed by atoms with E-state index >= 15 is 0 Å². The molecule has 1 heterocycles. The van der Waals surface area contributed by atoms with E-state index in [2.05, 4.69) is 30.3 Å². The monoisotopic (exact) mass is 540 g/mol. The van der Waals surface area contributed by atoms with Gasteiger partial charge < -0.3 is 19.3 Å². The van der Waals surface area contributed by atoms with Crippen LogP contribution in [0.25, 0.3) is 16.7 Å². The van der Waals surface area contributed by atoms with Crippen molar-refractivity contribution in [2.45, 2.75) is 52.9 Å². The number of ether oxygens (including phenoxy) is 2. The van der Waals surface area contributed by atoms with Gasteiger partial charge in [-0.25, -0.2) is 4.79 Å². The fourth-order valence-electron chi connectivity index (χ4n) is 5.01. The Morgan fingerprint density at radius 3 is 2.20 bits per heavy atom. The smallest absolute Gasteiger partial charge is 0.410 e. The molecule has 0 spiro atoms. The zero-order valence-corrected chi connectivity index (χ0v) is 24.3. The van der Waals surface area contributed by atoms with Gasteiger partial charge >= 0.3 is 6.09 Å². The number of nitrogens with zero attached hydrogens (tertiary/aromatic N) is 2. The maximum atomic E-state index is 14.3. The van der Waals surface area contributed by atoms with Crippen LogP contribution in [0.4, 0.5) is 4.79 Å². The first-order valence-electron chi connectivity index (χ1n) is 13.9. The summed E-state index contributed by atoms with van der Waals surface area (Å²) in [5.41, 5.74) is 6.31. The van der Waals surface area contributed by atoms with Gasteiger partial charge in [0, 0.05) is 32.3 Å². The van der Waals surface area contributed by atoms with E-state index in [1.807, 2.05) is 81.1 Å². The molecule has 4 rings (SSSR count). The van der Waals surface area contributed by atoms with E-state index in [1.165, 1.54) is 0 Å². The van der Waals surface area contributed by atoms with Gasteiger partial charge in [0.15, 0.2) is 0 Å². The summed E-state index contributed by atoms with van der Waals surface area (Å²) >= 11 is 0. The Labute approximate surface area is 238 Å². The Morgan fingerprint density at radius 1 is 0.875 bits per heavy atom. The van der Waals surface area contributed by atoms with Crippen molar-refractivity contribution in [1.29, 1.82) is 0 Å². The molecule has 6 heteroatoms. The molecule has 1 aliphatic rings. The van der Waals surface area contributed by atoms with Crippen molar-refractivity contribution in [2.75, 3.05) is 26.7 Å². The predicted molar refractivity (Wildman–Crippen MR) is 159 cm³/mol. The first-order valence-corrected chi connectivity index (χ1v) is 13.9. The third kappa shape index (κ3) is 7.19. The number of methoxy groups -OCH3 is 1. The summed E-state index contributed by atoms with van der Waals surface area (Å²) < 4.78 is 11.1. The third-order valence-electron chi connectivity index (χ3n) is 7.02. The highest BCUT2D eigenvalue weighted by molar-refractivity contribution is 6.03. The van der Waals surface area contributed by atoms with Crippen molar-refractivity contribution in [3.63, 3.8) is 0 Å². The molecule has 6 nitrogen and oxygen atoms in total. The highest BCUT2D eigenvalue weighted by Gasteiger charge is 2.32. The first-order chi connectivity index (χ1) is 19.2. The number of carbonyl (C=O) groups is 2. The van der Waals surface area contributed by atoms with Gasteiger partial charge in [-0.05, 0) is 73.6 Å². The molecule has 0 aromatic heterocycles. The molecule has 1 aliphatic heterocycles. The van der Waals surface area contributed by atoms with Crippen molar-refractivity contribution in [3.05, 3.63) is 101 Å². The van der Waals surface area contributed by atoms with Crippen LogP contribution in [0.3, 0.4) is 0 Å². The van der Waals surface area contributed by atoms with Crippen molar-refractivity contribution in [3.8, 4) is 11.1 Å². The van der Waals surface area contributed by atoms with E-state index in [-0.39, 0.29) is 12.5 Å². The van der Waals surface area contributed by atoms with E-state index in [0.29, 0.717) is 38.2 Å². The van der Waals surface area contributed by atoms with Gasteiger partial charge in [0.1, 0.15) is 5.60 Å². The summed E-state index contributed by atoms with van der Waals surface area (Å²) in [6.45, 7) is 9.72. The molecule has 40 heavy (non-hydrogen) atoms. The lowest BCUT2D eigenvalue weighted by molar-refractivity contribution is -0.127. The second-order valence-electron chi connectivity index (χ2n) is 11.1. The lowest BCUT2D eigenvalue weighted by Gasteiger charge is -2.34. The second kappa shape index (κ2) is 13.0. The molecule has 3 aromatic carbocycles. The molecule has 0 saturated heterocycles. The molecule has 0 unspecified atom stereocenters. The van der Waals surface area contributed by atoms with E-state index in [1.54, 1.807) is 12.0 Å². The summed E-state index contributed by atoms with van der Waals surface area (Å²) in [5.74, 6) is -0.0666. The average Bonchev–Trinajstić information content (AvgIpc) is 2.96. The first kappa shape index (κ1) is 29.1. The van der Waals surface area contributed by atoms with Crippen molar-refractivity contribution < 1.29 is 19.1 Å². The highest BCUT2D eigenvalue weighted by atomic mass is 16.6. The molecule has 0 fully saturated rings. The summed E-state index contributed by atoms with van der Waals surface area (Å²) in [4.78, 5) is 30.8. The number of benzene rings is 3. The number of hydrogen-bond donors (Lipinski definition) is 0. The Hall–Kier alpha value is -3.90. The summed E-state index contributed by atoms with van der Waals surface area (Å²) in [7, 11) is 1.67. The van der Waals surface area contributed by atoms with Crippen LogP contribution in [0.1, 0.15) is 50.8 Å². The minimum atomic E-state index is -0.615. The Morgan fingerprint density at radius 2 is 1.52 bits per heavy atom. The van der Waals surface area contributed by atoms with Crippen LogP contribution in [0.2, 0.25) is 0 Å². The lowest BCUT2D eigenvalue weighted by Crippen LogP contribution is -2.44. The maximum Gasteiger partial charge on any atom is 0.410 e. The summed E-state index contributed by atoms with van der Waals surface area (Å²) in [5, 5.41) is 0. The highest BCUT2D eigenvalue weighted by Crippen LogP contribution is 2.32. The maximum absolute atomic E-state index is 14.3. The number of hydrogen-bond acceptors (Lipinski definition) is 4. The fraction of sp³-hybridized carbons (Fsp3) is 0.353. The van der Waals surface area contributed by atoms with Gasteiger partial charge in [0.25, 0.3) is 5.91 Å². The number of rotatable bonds is 8. The van der Waals surface area contributed by atoms with Crippen molar-refractivity contribution >= 4 is 17.6 Å². The van der Waals surface area contributed by atoms with Gasteiger partial charge in [-0.1, -0.05) is 72.8 Å². The average molecular weight is 541 g/mol. The number of likely N-dealkylation sites (N-methyl/N-ethyl adjacent to an activating group) is 1. The standard InChI is InChI=1S/C34H40N2O4/c1-6-35(22-28-15-10-11-16-29(28)24-39-5)32(37)31-23-36(33(38)40-34(2,3)4)20-19-30(31)27-18-12-17-26(21-27)25-13-8-7-9-14-25/h7-18,21H,6,19-20,22-24H2,1-5H3. The fourth-order valence-corrected chi connectivity index (χ4v) is 5.01. The van der Waals surface area contributed by atoms with Crippen LogP contribution in [-0.4, -0.2) is 54.1 Å². The Kier molecular flexibility index (Phi) is 9.43. The Bertz CT molecular complexity index is 1360. The van der Waals surface area contributed by atoms with E-state index < -0.39 is 11.7 Å². The molecule has 0 radical (unpaired) electrons. The molecule has 0 N–H and O–H groups in total. The van der Waals surface area contributed by atoms with Gasteiger partial charge in [0.2, 0.25) is 0 Å². The molecule has 3 aromatic rings. The predicted octanol–water partition coefficient (Wildman–Crippen LogP) is 6.94. The molecule has 0 bridgehead atoms. The van der Waals surface area contributed by atoms with Crippen LogP contribution in [0.5, 0.6) is 0 Å². The molecule has 2 amide bonds. The van der Waals surface area contributed by atoms with E-state index in [9.17, 15) is 9.59 Å². The van der Waals surface area contributed by atoms with Crippen LogP contribution < -0.4 is 0 Å². The minimum Gasteiger partial charge on any atom is -0.444 e. The number of carbonyl (C=O) groups excluding carboxylic acids is 2. The molecular formula is C34H40N2O4. The van der Waals surface area contributed by atoms with Gasteiger partial charge in [0.05, 0.1) is 13.2 Å². The number of amides is 2. The summed E-state index contributed by atoms with van der Waals surface area (Å²) in [6, 6.07) is 26.6.